The molecule has 1 aliphatic heterocycles. The first kappa shape index (κ1) is 14.7. The van der Waals surface area contributed by atoms with Crippen LogP contribution in [0.4, 0.5) is 0 Å². The molecule has 1 aliphatic rings. The highest BCUT2D eigenvalue weighted by molar-refractivity contribution is 8.00. The number of carboxylic acid groups (broad SMARTS) is 1. The number of carboxylic acids is 1. The van der Waals surface area contributed by atoms with Crippen LogP contribution >= 0.6 is 11.8 Å². The van der Waals surface area contributed by atoms with Gasteiger partial charge in [0.1, 0.15) is 30.3 Å². The SMILES string of the molecule is C[C@@H](O)[C@H](O)[C@H](O)[C@H](O)[C@@H]1[NH2+][C@H](C(=O)[O-])CS1. The normalized spacial score (nSPS) is 31.8. The Morgan fingerprint density at radius 1 is 1.35 bits per heavy atom. The molecule has 1 fully saturated rings. The number of carbonyl (C=O) groups excluding carboxylic acids is 1. The largest absolute Gasteiger partial charge is 0.544 e. The van der Waals surface area contributed by atoms with E-state index in [2.05, 4.69) is 0 Å². The molecule has 0 unspecified atom stereocenters. The molecule has 0 bridgehead atoms. The Kier molecular flexibility index (Phi) is 5.17. The number of thioether (sulfide) groups is 1. The highest BCUT2D eigenvalue weighted by Gasteiger charge is 2.41. The van der Waals surface area contributed by atoms with E-state index < -0.39 is 41.8 Å². The Hall–Kier alpha value is -0.380. The van der Waals surface area contributed by atoms with Gasteiger partial charge in [-0.2, -0.15) is 0 Å². The number of carbonyl (C=O) groups is 1. The summed E-state index contributed by atoms with van der Waals surface area (Å²) in [6, 6.07) is -0.768. The van der Waals surface area contributed by atoms with E-state index in [1.54, 1.807) is 0 Å². The zero-order valence-electron chi connectivity index (χ0n) is 9.26. The molecule has 0 amide bonds. The van der Waals surface area contributed by atoms with Crippen LogP contribution in [0.25, 0.3) is 0 Å². The van der Waals surface area contributed by atoms with E-state index in [1.807, 2.05) is 0 Å². The Labute approximate surface area is 102 Å². The van der Waals surface area contributed by atoms with Gasteiger partial charge in [0.05, 0.1) is 11.9 Å². The predicted molar refractivity (Wildman–Crippen MR) is 56.7 cm³/mol. The number of hydrogen-bond acceptors (Lipinski definition) is 7. The van der Waals surface area contributed by atoms with E-state index in [1.165, 1.54) is 24.0 Å². The average Bonchev–Trinajstić information content (AvgIpc) is 2.75. The predicted octanol–water partition coefficient (Wildman–Crippen LogP) is -4.80. The van der Waals surface area contributed by atoms with E-state index in [0.717, 1.165) is 0 Å². The lowest BCUT2D eigenvalue weighted by molar-refractivity contribution is -0.692. The molecule has 1 heterocycles. The van der Waals surface area contributed by atoms with Gasteiger partial charge in [-0.15, -0.1) is 0 Å². The van der Waals surface area contributed by atoms with E-state index in [9.17, 15) is 25.2 Å². The summed E-state index contributed by atoms with van der Waals surface area (Å²) in [4.78, 5) is 10.6. The maximum atomic E-state index is 10.6. The van der Waals surface area contributed by atoms with Gasteiger partial charge in [0, 0.05) is 0 Å². The van der Waals surface area contributed by atoms with Crippen LogP contribution in [-0.4, -0.2) is 68.0 Å². The van der Waals surface area contributed by atoms with Gasteiger partial charge in [-0.05, 0) is 6.92 Å². The van der Waals surface area contributed by atoms with Crippen molar-refractivity contribution >= 4 is 17.7 Å². The summed E-state index contributed by atoms with van der Waals surface area (Å²) in [7, 11) is 0. The minimum absolute atomic E-state index is 0.265. The van der Waals surface area contributed by atoms with Gasteiger partial charge in [-0.3, -0.25) is 0 Å². The van der Waals surface area contributed by atoms with Gasteiger partial charge in [0.25, 0.3) is 0 Å². The molecule has 6 N–H and O–H groups in total. The first-order valence-electron chi connectivity index (χ1n) is 5.24. The number of nitrogens with two attached hydrogens (primary N) is 1. The van der Waals surface area contributed by atoms with Crippen LogP contribution in [0.5, 0.6) is 0 Å². The molecule has 7 nitrogen and oxygen atoms in total. The lowest BCUT2D eigenvalue weighted by Crippen LogP contribution is -2.96. The Bertz CT molecular complexity index is 276. The fraction of sp³-hybridized carbons (Fsp3) is 0.889. The minimum atomic E-state index is -1.52. The molecule has 0 aromatic heterocycles. The monoisotopic (exact) mass is 267 g/mol. The van der Waals surface area contributed by atoms with Crippen LogP contribution in [-0.2, 0) is 4.79 Å². The van der Waals surface area contributed by atoms with Crippen molar-refractivity contribution in [1.82, 2.24) is 0 Å². The van der Waals surface area contributed by atoms with Gasteiger partial charge in [-0.25, -0.2) is 0 Å². The summed E-state index contributed by atoms with van der Waals surface area (Å²) in [6.45, 7) is 1.29. The molecule has 6 atom stereocenters. The quantitative estimate of drug-likeness (QED) is 0.337. The molecule has 8 heteroatoms. The van der Waals surface area contributed by atoms with Crippen LogP contribution in [0.3, 0.4) is 0 Å². The average molecular weight is 267 g/mol. The maximum Gasteiger partial charge on any atom is 0.162 e. The molecule has 0 aliphatic carbocycles. The van der Waals surface area contributed by atoms with E-state index in [-0.39, 0.29) is 5.75 Å². The Balaban J connectivity index is 2.54. The van der Waals surface area contributed by atoms with Crippen molar-refractivity contribution in [1.29, 1.82) is 0 Å². The number of hydrogen-bond donors (Lipinski definition) is 5. The third kappa shape index (κ3) is 3.54. The highest BCUT2D eigenvalue weighted by Crippen LogP contribution is 2.19. The molecule has 0 aromatic carbocycles. The van der Waals surface area contributed by atoms with Crippen molar-refractivity contribution < 1.29 is 35.6 Å². The molecule has 0 aromatic rings. The second-order valence-corrected chi connectivity index (χ2v) is 5.34. The molecule has 1 saturated heterocycles. The lowest BCUT2D eigenvalue weighted by atomic mass is 10.0. The van der Waals surface area contributed by atoms with E-state index in [0.29, 0.717) is 0 Å². The minimum Gasteiger partial charge on any atom is -0.544 e. The van der Waals surface area contributed by atoms with Crippen LogP contribution < -0.4 is 10.4 Å². The Morgan fingerprint density at radius 3 is 2.35 bits per heavy atom. The van der Waals surface area contributed by atoms with Crippen LogP contribution in [0.2, 0.25) is 0 Å². The van der Waals surface area contributed by atoms with Crippen LogP contribution in [0, 0.1) is 0 Å². The summed E-state index contributed by atoms with van der Waals surface area (Å²) >= 11 is 1.17. The molecule has 0 saturated carbocycles. The van der Waals surface area contributed by atoms with Crippen molar-refractivity contribution in [3.63, 3.8) is 0 Å². The zero-order chi connectivity index (χ0) is 13.2. The standard InChI is InChI=1S/C9H17NO6S/c1-3(11)5(12)6(13)7(14)8-10-4(2-17-8)9(15)16/h3-8,10-14H,2H2,1H3,(H,15,16)/t3-,4+,5+,6+,7+,8-/m1/s1. The molecular formula is C9H17NO6S. The fourth-order valence-electron chi connectivity index (χ4n) is 1.60. The number of quaternary nitrogens is 1. The highest BCUT2D eigenvalue weighted by atomic mass is 32.2. The smallest absolute Gasteiger partial charge is 0.162 e. The van der Waals surface area contributed by atoms with E-state index >= 15 is 0 Å². The maximum absolute atomic E-state index is 10.6. The zero-order valence-corrected chi connectivity index (χ0v) is 10.1. The van der Waals surface area contributed by atoms with Gasteiger partial charge in [-0.1, -0.05) is 11.8 Å². The molecule has 100 valence electrons. The summed E-state index contributed by atoms with van der Waals surface area (Å²) in [5.74, 6) is -0.959. The van der Waals surface area contributed by atoms with Crippen molar-refractivity contribution in [2.75, 3.05) is 5.75 Å². The molecule has 0 spiro atoms. The van der Waals surface area contributed by atoms with Gasteiger partial charge in [0.2, 0.25) is 0 Å². The topological polar surface area (TPSA) is 138 Å². The van der Waals surface area contributed by atoms with E-state index in [4.69, 9.17) is 5.11 Å². The van der Waals surface area contributed by atoms with Crippen LogP contribution in [0.15, 0.2) is 0 Å². The first-order chi connectivity index (χ1) is 7.84. The summed E-state index contributed by atoms with van der Waals surface area (Å²) in [6.07, 6.45) is -5.50. The van der Waals surface area contributed by atoms with Gasteiger partial charge < -0.3 is 35.6 Å². The second-order valence-electron chi connectivity index (χ2n) is 4.13. The van der Waals surface area contributed by atoms with Crippen molar-refractivity contribution in [2.45, 2.75) is 42.8 Å². The fourth-order valence-corrected chi connectivity index (χ4v) is 2.93. The number of aliphatic hydroxyl groups is 4. The van der Waals surface area contributed by atoms with Gasteiger partial charge >= 0.3 is 0 Å². The summed E-state index contributed by atoms with van der Waals surface area (Å²) < 4.78 is 0. The third-order valence-electron chi connectivity index (χ3n) is 2.72. The van der Waals surface area contributed by atoms with Crippen LogP contribution in [0.1, 0.15) is 6.92 Å². The van der Waals surface area contributed by atoms with Crippen molar-refractivity contribution in [3.05, 3.63) is 0 Å². The van der Waals surface area contributed by atoms with Crippen molar-refractivity contribution in [3.8, 4) is 0 Å². The number of aliphatic carboxylic acids is 1. The van der Waals surface area contributed by atoms with Crippen molar-refractivity contribution in [2.24, 2.45) is 0 Å². The lowest BCUT2D eigenvalue weighted by Gasteiger charge is -2.26. The molecule has 17 heavy (non-hydrogen) atoms. The summed E-state index contributed by atoms with van der Waals surface area (Å²) in [5, 5.41) is 49.2. The number of aliphatic hydroxyl groups excluding tert-OH is 4. The molecular weight excluding hydrogens is 250 g/mol. The number of rotatable bonds is 5. The molecule has 0 radical (unpaired) electrons. The second kappa shape index (κ2) is 5.98. The third-order valence-corrected chi connectivity index (χ3v) is 4.10. The first-order valence-corrected chi connectivity index (χ1v) is 6.29. The summed E-state index contributed by atoms with van der Waals surface area (Å²) in [5.41, 5.74) is 0. The van der Waals surface area contributed by atoms with Gasteiger partial charge in [0.15, 0.2) is 5.37 Å². The molecule has 1 rings (SSSR count). The Morgan fingerprint density at radius 2 is 1.94 bits per heavy atom.